The first-order chi connectivity index (χ1) is 9.77. The number of rotatable bonds is 3. The van der Waals surface area contributed by atoms with Gasteiger partial charge in [0.15, 0.2) is 0 Å². The summed E-state index contributed by atoms with van der Waals surface area (Å²) in [6.45, 7) is 6.76. The predicted octanol–water partition coefficient (Wildman–Crippen LogP) is 5.35. The molecule has 2 rings (SSSR count). The third kappa shape index (κ3) is 4.40. The molecule has 1 aliphatic carbocycles. The Morgan fingerprint density at radius 3 is 2.38 bits per heavy atom. The van der Waals surface area contributed by atoms with Crippen molar-refractivity contribution < 1.29 is 9.90 Å². The molecule has 0 heterocycles. The summed E-state index contributed by atoms with van der Waals surface area (Å²) in [4.78, 5) is 12.6. The van der Waals surface area contributed by atoms with Gasteiger partial charge in [-0.25, -0.2) is 0 Å². The molecule has 3 atom stereocenters. The van der Waals surface area contributed by atoms with Crippen LogP contribution in [0.1, 0.15) is 40.0 Å². The van der Waals surface area contributed by atoms with Gasteiger partial charge in [-0.2, -0.15) is 0 Å². The number of hydrogen-bond acceptors (Lipinski definition) is 2. The first-order valence-corrected chi connectivity index (χ1v) is 8.68. The van der Waals surface area contributed by atoms with Crippen molar-refractivity contribution in [1.29, 1.82) is 0 Å². The summed E-state index contributed by atoms with van der Waals surface area (Å²) in [5.74, 6) is -0.323. The molecule has 1 saturated carbocycles. The quantitative estimate of drug-likeness (QED) is 0.813. The first-order valence-electron chi connectivity index (χ1n) is 7.42. The predicted molar refractivity (Wildman–Crippen MR) is 89.0 cm³/mol. The zero-order valence-electron chi connectivity index (χ0n) is 12.8. The Labute approximate surface area is 136 Å². The molecule has 1 N–H and O–H groups in total. The molecule has 0 saturated heterocycles. The maximum atomic E-state index is 11.5. The van der Waals surface area contributed by atoms with Gasteiger partial charge >= 0.3 is 5.97 Å². The minimum Gasteiger partial charge on any atom is -0.481 e. The molecule has 1 fully saturated rings. The minimum atomic E-state index is -0.658. The van der Waals surface area contributed by atoms with Gasteiger partial charge in [-0.15, -0.1) is 11.8 Å². The molecule has 1 aliphatic rings. The zero-order chi connectivity index (χ0) is 15.6. The maximum absolute atomic E-state index is 11.5. The number of benzene rings is 1. The summed E-state index contributed by atoms with van der Waals surface area (Å²) in [5, 5.41) is 10.3. The molecule has 3 unspecified atom stereocenters. The molecule has 0 radical (unpaired) electrons. The summed E-state index contributed by atoms with van der Waals surface area (Å²) in [7, 11) is 0. The fraction of sp³-hybridized carbons (Fsp3) is 0.588. The van der Waals surface area contributed by atoms with Gasteiger partial charge in [0.1, 0.15) is 0 Å². The molecule has 0 aromatic heterocycles. The highest BCUT2D eigenvalue weighted by Crippen LogP contribution is 2.45. The van der Waals surface area contributed by atoms with Crippen molar-refractivity contribution in [2.24, 2.45) is 17.3 Å². The van der Waals surface area contributed by atoms with E-state index < -0.39 is 5.97 Å². The Morgan fingerprint density at radius 1 is 1.24 bits per heavy atom. The van der Waals surface area contributed by atoms with Gasteiger partial charge in [-0.3, -0.25) is 4.79 Å². The lowest BCUT2D eigenvalue weighted by Gasteiger charge is -2.40. The van der Waals surface area contributed by atoms with Crippen LogP contribution in [0.5, 0.6) is 0 Å². The molecule has 116 valence electrons. The normalized spacial score (nSPS) is 26.6. The van der Waals surface area contributed by atoms with Crippen molar-refractivity contribution in [2.45, 2.75) is 50.2 Å². The van der Waals surface area contributed by atoms with Crippen LogP contribution in [0.15, 0.2) is 29.2 Å². The average molecular weight is 327 g/mol. The van der Waals surface area contributed by atoms with Crippen molar-refractivity contribution in [2.75, 3.05) is 0 Å². The van der Waals surface area contributed by atoms with Crippen molar-refractivity contribution in [3.63, 3.8) is 0 Å². The number of carboxylic acid groups (broad SMARTS) is 1. The maximum Gasteiger partial charge on any atom is 0.307 e. The van der Waals surface area contributed by atoms with E-state index in [0.29, 0.717) is 10.9 Å². The molecular formula is C17H23ClO2S. The van der Waals surface area contributed by atoms with E-state index in [-0.39, 0.29) is 16.6 Å². The summed E-state index contributed by atoms with van der Waals surface area (Å²) >= 11 is 7.60. The van der Waals surface area contributed by atoms with Gasteiger partial charge in [0, 0.05) is 15.2 Å². The Balaban J connectivity index is 2.14. The van der Waals surface area contributed by atoms with Crippen LogP contribution in [0.4, 0.5) is 0 Å². The number of aliphatic carboxylic acids is 1. The van der Waals surface area contributed by atoms with Crippen LogP contribution < -0.4 is 0 Å². The van der Waals surface area contributed by atoms with E-state index in [1.54, 1.807) is 11.8 Å². The van der Waals surface area contributed by atoms with Crippen LogP contribution in [0.2, 0.25) is 5.02 Å². The molecule has 0 amide bonds. The molecule has 0 spiro atoms. The average Bonchev–Trinajstić information content (AvgIpc) is 2.40. The molecule has 1 aromatic rings. The van der Waals surface area contributed by atoms with Gasteiger partial charge in [-0.1, -0.05) is 32.4 Å². The summed E-state index contributed by atoms with van der Waals surface area (Å²) < 4.78 is 0. The smallest absolute Gasteiger partial charge is 0.307 e. The number of carboxylic acids is 1. The highest BCUT2D eigenvalue weighted by molar-refractivity contribution is 8.00. The van der Waals surface area contributed by atoms with Crippen LogP contribution in [-0.2, 0) is 4.79 Å². The van der Waals surface area contributed by atoms with Crippen molar-refractivity contribution in [1.82, 2.24) is 0 Å². The summed E-state index contributed by atoms with van der Waals surface area (Å²) in [6, 6.07) is 7.69. The highest BCUT2D eigenvalue weighted by atomic mass is 35.5. The lowest BCUT2D eigenvalue weighted by Crippen LogP contribution is -2.37. The van der Waals surface area contributed by atoms with Crippen LogP contribution in [0, 0.1) is 17.3 Å². The highest BCUT2D eigenvalue weighted by Gasteiger charge is 2.39. The summed E-state index contributed by atoms with van der Waals surface area (Å²) in [6.07, 6.45) is 2.76. The molecule has 0 aliphatic heterocycles. The van der Waals surface area contributed by atoms with E-state index in [0.717, 1.165) is 24.2 Å². The summed E-state index contributed by atoms with van der Waals surface area (Å²) in [5.41, 5.74) is 0.238. The van der Waals surface area contributed by atoms with Crippen molar-refractivity contribution in [3.8, 4) is 0 Å². The number of carbonyl (C=O) groups is 1. The Kier molecular flexibility index (Phi) is 5.26. The fourth-order valence-electron chi connectivity index (χ4n) is 3.02. The second kappa shape index (κ2) is 6.62. The van der Waals surface area contributed by atoms with Crippen LogP contribution >= 0.6 is 23.4 Å². The van der Waals surface area contributed by atoms with Crippen molar-refractivity contribution in [3.05, 3.63) is 29.3 Å². The largest absolute Gasteiger partial charge is 0.481 e. The van der Waals surface area contributed by atoms with E-state index in [1.165, 1.54) is 0 Å². The van der Waals surface area contributed by atoms with Gasteiger partial charge in [0.2, 0.25) is 0 Å². The first kappa shape index (κ1) is 16.7. The van der Waals surface area contributed by atoms with Gasteiger partial charge in [0.25, 0.3) is 0 Å². The fourth-order valence-corrected chi connectivity index (χ4v) is 4.53. The number of hydrogen-bond donors (Lipinski definition) is 1. The Hall–Kier alpha value is -0.670. The molecule has 21 heavy (non-hydrogen) atoms. The molecule has 4 heteroatoms. The van der Waals surface area contributed by atoms with E-state index in [2.05, 4.69) is 20.8 Å². The van der Waals surface area contributed by atoms with E-state index >= 15 is 0 Å². The monoisotopic (exact) mass is 326 g/mol. The van der Waals surface area contributed by atoms with Gasteiger partial charge in [-0.05, 0) is 54.9 Å². The van der Waals surface area contributed by atoms with E-state index in [1.807, 2.05) is 24.3 Å². The molecule has 1 aromatic carbocycles. The lowest BCUT2D eigenvalue weighted by atomic mass is 9.69. The Morgan fingerprint density at radius 2 is 1.86 bits per heavy atom. The van der Waals surface area contributed by atoms with Gasteiger partial charge < -0.3 is 5.11 Å². The Bertz CT molecular complexity index is 493. The topological polar surface area (TPSA) is 37.3 Å². The second-order valence-electron chi connectivity index (χ2n) is 6.93. The SMILES string of the molecule is CC(C)(C)C1CCC(C(=O)O)C(Sc2ccc(Cl)cc2)C1. The third-order valence-electron chi connectivity index (χ3n) is 4.43. The lowest BCUT2D eigenvalue weighted by molar-refractivity contribution is -0.143. The van der Waals surface area contributed by atoms with Gasteiger partial charge in [0.05, 0.1) is 5.92 Å². The zero-order valence-corrected chi connectivity index (χ0v) is 14.4. The molecular weight excluding hydrogens is 304 g/mol. The van der Waals surface area contributed by atoms with Crippen LogP contribution in [-0.4, -0.2) is 16.3 Å². The van der Waals surface area contributed by atoms with E-state index in [9.17, 15) is 9.90 Å². The molecule has 2 nitrogen and oxygen atoms in total. The standard InChI is InChI=1S/C17H23ClO2S/c1-17(2,3)11-4-9-14(16(19)20)15(10-11)21-13-7-5-12(18)6-8-13/h5-8,11,14-15H,4,9-10H2,1-3H3,(H,19,20). The van der Waals surface area contributed by atoms with Crippen LogP contribution in [0.3, 0.4) is 0 Å². The number of thioether (sulfide) groups is 1. The molecule has 0 bridgehead atoms. The van der Waals surface area contributed by atoms with E-state index in [4.69, 9.17) is 11.6 Å². The van der Waals surface area contributed by atoms with Crippen LogP contribution in [0.25, 0.3) is 0 Å². The minimum absolute atomic E-state index is 0.140. The van der Waals surface area contributed by atoms with Crippen molar-refractivity contribution >= 4 is 29.3 Å². The second-order valence-corrected chi connectivity index (χ2v) is 8.68. The third-order valence-corrected chi connectivity index (χ3v) is 6.05. The number of halogens is 1.